The summed E-state index contributed by atoms with van der Waals surface area (Å²) in [5, 5.41) is 7.21. The van der Waals surface area contributed by atoms with Gasteiger partial charge in [0.25, 0.3) is 5.91 Å². The number of ether oxygens (including phenoxy) is 1. The van der Waals surface area contributed by atoms with Gasteiger partial charge in [0, 0.05) is 0 Å². The van der Waals surface area contributed by atoms with Gasteiger partial charge >= 0.3 is 5.97 Å². The molecule has 0 fully saturated rings. The number of nitrogens with zero attached hydrogens (tertiary/aromatic N) is 2. The van der Waals surface area contributed by atoms with Gasteiger partial charge in [-0.15, -0.1) is 0 Å². The lowest BCUT2D eigenvalue weighted by molar-refractivity contribution is -0.119. The standard InChI is InChI=1S/C22H22FN3O3/c1-13-5-9-18(10-6-13)26-16(4)21(15(3)25-26)24-20(27)12-29-22(28)17-8-7-14(2)19(23)11-17/h5-11H,12H2,1-4H3,(H,24,27). The lowest BCUT2D eigenvalue weighted by Crippen LogP contribution is -2.21. The van der Waals surface area contributed by atoms with Crippen molar-refractivity contribution in [2.45, 2.75) is 27.7 Å². The average Bonchev–Trinajstić information content (AvgIpc) is 2.97. The maximum atomic E-state index is 13.6. The molecule has 0 aliphatic rings. The molecule has 150 valence electrons. The summed E-state index contributed by atoms with van der Waals surface area (Å²) in [5.41, 5.74) is 4.46. The number of anilines is 1. The number of esters is 1. The molecule has 2 aromatic carbocycles. The first-order chi connectivity index (χ1) is 13.8. The van der Waals surface area contributed by atoms with Crippen LogP contribution in [0.1, 0.15) is 32.9 Å². The van der Waals surface area contributed by atoms with E-state index in [1.807, 2.05) is 38.1 Å². The molecule has 1 heterocycles. The highest BCUT2D eigenvalue weighted by molar-refractivity contribution is 5.96. The Kier molecular flexibility index (Phi) is 5.77. The van der Waals surface area contributed by atoms with Gasteiger partial charge in [0.15, 0.2) is 6.61 Å². The van der Waals surface area contributed by atoms with Crippen LogP contribution in [-0.2, 0) is 9.53 Å². The third-order valence-electron chi connectivity index (χ3n) is 4.58. The van der Waals surface area contributed by atoms with Crippen LogP contribution in [0, 0.1) is 33.5 Å². The molecule has 1 amide bonds. The van der Waals surface area contributed by atoms with E-state index < -0.39 is 24.3 Å². The number of rotatable bonds is 5. The molecule has 29 heavy (non-hydrogen) atoms. The lowest BCUT2D eigenvalue weighted by atomic mass is 10.1. The van der Waals surface area contributed by atoms with E-state index in [-0.39, 0.29) is 5.56 Å². The van der Waals surface area contributed by atoms with Crippen molar-refractivity contribution in [2.24, 2.45) is 0 Å². The van der Waals surface area contributed by atoms with Crippen LogP contribution in [0.25, 0.3) is 5.69 Å². The maximum Gasteiger partial charge on any atom is 0.338 e. The van der Waals surface area contributed by atoms with Gasteiger partial charge in [-0.2, -0.15) is 5.10 Å². The zero-order valence-electron chi connectivity index (χ0n) is 16.7. The first-order valence-corrected chi connectivity index (χ1v) is 9.12. The Morgan fingerprint density at radius 2 is 1.76 bits per heavy atom. The average molecular weight is 395 g/mol. The van der Waals surface area contributed by atoms with Gasteiger partial charge in [-0.25, -0.2) is 13.9 Å². The predicted molar refractivity (Wildman–Crippen MR) is 108 cm³/mol. The van der Waals surface area contributed by atoms with Crippen LogP contribution in [0.4, 0.5) is 10.1 Å². The molecule has 0 aliphatic heterocycles. The van der Waals surface area contributed by atoms with Crippen molar-refractivity contribution in [2.75, 3.05) is 11.9 Å². The minimum Gasteiger partial charge on any atom is -0.452 e. The van der Waals surface area contributed by atoms with Crippen molar-refractivity contribution in [1.29, 1.82) is 0 Å². The van der Waals surface area contributed by atoms with Crippen LogP contribution in [0.5, 0.6) is 0 Å². The van der Waals surface area contributed by atoms with Crippen molar-refractivity contribution < 1.29 is 18.7 Å². The molecular weight excluding hydrogens is 373 g/mol. The number of benzene rings is 2. The fourth-order valence-corrected chi connectivity index (χ4v) is 2.87. The van der Waals surface area contributed by atoms with Crippen LogP contribution in [0.2, 0.25) is 0 Å². The van der Waals surface area contributed by atoms with E-state index in [0.717, 1.165) is 23.0 Å². The Balaban J connectivity index is 1.67. The Morgan fingerprint density at radius 1 is 1.07 bits per heavy atom. The van der Waals surface area contributed by atoms with Crippen LogP contribution in [-0.4, -0.2) is 28.3 Å². The van der Waals surface area contributed by atoms with E-state index >= 15 is 0 Å². The minimum absolute atomic E-state index is 0.0560. The van der Waals surface area contributed by atoms with Crippen LogP contribution in [0.3, 0.4) is 0 Å². The zero-order valence-corrected chi connectivity index (χ0v) is 16.7. The third kappa shape index (κ3) is 4.51. The largest absolute Gasteiger partial charge is 0.452 e. The first-order valence-electron chi connectivity index (χ1n) is 9.12. The summed E-state index contributed by atoms with van der Waals surface area (Å²) in [5.74, 6) is -1.76. The predicted octanol–water partition coefficient (Wildman–Crippen LogP) is 4.04. The summed E-state index contributed by atoms with van der Waals surface area (Å²) in [6.07, 6.45) is 0. The highest BCUT2D eigenvalue weighted by Gasteiger charge is 2.17. The molecule has 3 aromatic rings. The quantitative estimate of drug-likeness (QED) is 0.662. The Bertz CT molecular complexity index is 1070. The maximum absolute atomic E-state index is 13.6. The third-order valence-corrected chi connectivity index (χ3v) is 4.58. The molecule has 1 N–H and O–H groups in total. The summed E-state index contributed by atoms with van der Waals surface area (Å²) >= 11 is 0. The number of aromatic nitrogens is 2. The topological polar surface area (TPSA) is 73.2 Å². The summed E-state index contributed by atoms with van der Waals surface area (Å²) in [4.78, 5) is 24.3. The van der Waals surface area contributed by atoms with Crippen LogP contribution >= 0.6 is 0 Å². The molecule has 3 rings (SSSR count). The molecule has 6 nitrogen and oxygen atoms in total. The zero-order chi connectivity index (χ0) is 21.1. The van der Waals surface area contributed by atoms with Gasteiger partial charge in [0.05, 0.1) is 28.3 Å². The number of nitrogens with one attached hydrogen (secondary N) is 1. The SMILES string of the molecule is Cc1ccc(-n2nc(C)c(NC(=O)COC(=O)c3ccc(C)c(F)c3)c2C)cc1. The molecule has 0 spiro atoms. The fourth-order valence-electron chi connectivity index (χ4n) is 2.87. The summed E-state index contributed by atoms with van der Waals surface area (Å²) in [6.45, 7) is 6.75. The Morgan fingerprint density at radius 3 is 2.41 bits per heavy atom. The number of aryl methyl sites for hydroxylation is 3. The van der Waals surface area contributed by atoms with Crippen molar-refractivity contribution in [1.82, 2.24) is 9.78 Å². The van der Waals surface area contributed by atoms with E-state index in [4.69, 9.17) is 4.74 Å². The first kappa shape index (κ1) is 20.3. The number of halogens is 1. The smallest absolute Gasteiger partial charge is 0.338 e. The molecule has 1 aromatic heterocycles. The molecule has 0 radical (unpaired) electrons. The van der Waals surface area contributed by atoms with Gasteiger partial charge in [-0.1, -0.05) is 23.8 Å². The van der Waals surface area contributed by atoms with E-state index in [0.29, 0.717) is 16.9 Å². The van der Waals surface area contributed by atoms with Crippen molar-refractivity contribution >= 4 is 17.6 Å². The van der Waals surface area contributed by atoms with Crippen molar-refractivity contribution in [3.63, 3.8) is 0 Å². The van der Waals surface area contributed by atoms with Gasteiger partial charge < -0.3 is 10.1 Å². The number of amides is 1. The molecular formula is C22H22FN3O3. The van der Waals surface area contributed by atoms with Crippen LogP contribution < -0.4 is 5.32 Å². The molecule has 0 aliphatic carbocycles. The van der Waals surface area contributed by atoms with Gasteiger partial charge in [0.2, 0.25) is 0 Å². The van der Waals surface area contributed by atoms with Crippen molar-refractivity contribution in [3.05, 3.63) is 76.4 Å². The number of carbonyl (C=O) groups is 2. The summed E-state index contributed by atoms with van der Waals surface area (Å²) in [7, 11) is 0. The Labute approximate surface area is 168 Å². The monoisotopic (exact) mass is 395 g/mol. The second kappa shape index (κ2) is 8.26. The van der Waals surface area contributed by atoms with Gasteiger partial charge in [0.1, 0.15) is 5.82 Å². The number of hydrogen-bond acceptors (Lipinski definition) is 4. The molecule has 0 bridgehead atoms. The number of hydrogen-bond donors (Lipinski definition) is 1. The van der Waals surface area contributed by atoms with Gasteiger partial charge in [-0.3, -0.25) is 4.79 Å². The highest BCUT2D eigenvalue weighted by atomic mass is 19.1. The second-order valence-electron chi connectivity index (χ2n) is 6.88. The summed E-state index contributed by atoms with van der Waals surface area (Å²) in [6, 6.07) is 11.9. The van der Waals surface area contributed by atoms with Crippen LogP contribution in [0.15, 0.2) is 42.5 Å². The normalized spacial score (nSPS) is 10.7. The molecule has 0 saturated carbocycles. The lowest BCUT2D eigenvalue weighted by Gasteiger charge is -2.08. The fraction of sp³-hybridized carbons (Fsp3) is 0.227. The van der Waals surface area contributed by atoms with E-state index in [2.05, 4.69) is 10.4 Å². The molecule has 0 unspecified atom stereocenters. The molecule has 7 heteroatoms. The second-order valence-corrected chi connectivity index (χ2v) is 6.88. The van der Waals surface area contributed by atoms with E-state index in [1.54, 1.807) is 18.5 Å². The number of carbonyl (C=O) groups excluding carboxylic acids is 2. The minimum atomic E-state index is -0.761. The summed E-state index contributed by atoms with van der Waals surface area (Å²) < 4.78 is 20.3. The Hall–Kier alpha value is -3.48. The molecule has 0 saturated heterocycles. The highest BCUT2D eigenvalue weighted by Crippen LogP contribution is 2.23. The van der Waals surface area contributed by atoms with Gasteiger partial charge in [-0.05, 0) is 57.5 Å². The molecule has 0 atom stereocenters. The van der Waals surface area contributed by atoms with Crippen molar-refractivity contribution in [3.8, 4) is 5.69 Å². The van der Waals surface area contributed by atoms with E-state index in [1.165, 1.54) is 12.1 Å². The van der Waals surface area contributed by atoms with E-state index in [9.17, 15) is 14.0 Å².